The number of ether oxygens (including phenoxy) is 3. The summed E-state index contributed by atoms with van der Waals surface area (Å²) in [6, 6.07) is 11.9. The Kier molecular flexibility index (Phi) is 9.16. The number of hydrogen-bond acceptors (Lipinski definition) is 7. The first-order valence-electron chi connectivity index (χ1n) is 13.1. The van der Waals surface area contributed by atoms with E-state index in [0.717, 1.165) is 6.33 Å². The number of alkyl halides is 6. The number of hydrogen-bond donors (Lipinski definition) is 2. The molecule has 0 unspecified atom stereocenters. The van der Waals surface area contributed by atoms with E-state index in [1.807, 2.05) is 0 Å². The minimum Gasteiger partial charge on any atom is -0.496 e. The molecule has 0 fully saturated rings. The fourth-order valence-corrected chi connectivity index (χ4v) is 4.17. The lowest BCUT2D eigenvalue weighted by atomic mass is 10.1. The maximum atomic E-state index is 13.1. The second kappa shape index (κ2) is 12.5. The van der Waals surface area contributed by atoms with Gasteiger partial charge in [-0.3, -0.25) is 10.1 Å². The van der Waals surface area contributed by atoms with E-state index in [9.17, 15) is 35.9 Å². The number of amides is 2. The van der Waals surface area contributed by atoms with Crippen LogP contribution in [0, 0.1) is 0 Å². The molecule has 10 nitrogen and oxygen atoms in total. The third-order valence-electron chi connectivity index (χ3n) is 5.89. The van der Waals surface area contributed by atoms with Gasteiger partial charge in [-0.2, -0.15) is 31.3 Å². The van der Waals surface area contributed by atoms with Gasteiger partial charge in [-0.05, 0) is 56.7 Å². The van der Waals surface area contributed by atoms with Crippen LogP contribution in [-0.2, 0) is 4.74 Å². The van der Waals surface area contributed by atoms with Gasteiger partial charge in [0.2, 0.25) is 5.88 Å². The molecule has 4 rings (SSSR count). The molecule has 0 bridgehead atoms. The molecule has 0 saturated heterocycles. The lowest BCUT2D eigenvalue weighted by Gasteiger charge is -2.19. The fraction of sp³-hybridized carbons (Fsp3) is 0.310. The topological polar surface area (TPSA) is 117 Å². The summed E-state index contributed by atoms with van der Waals surface area (Å²) in [5.74, 6) is -1.58. The highest BCUT2D eigenvalue weighted by molar-refractivity contribution is 5.98. The molecule has 4 aromatic rings. The predicted octanol–water partition coefficient (Wildman–Crippen LogP) is 6.68. The van der Waals surface area contributed by atoms with E-state index in [2.05, 4.69) is 15.3 Å². The van der Waals surface area contributed by atoms with Crippen molar-refractivity contribution in [2.45, 2.75) is 38.7 Å². The van der Waals surface area contributed by atoms with Crippen molar-refractivity contribution in [1.82, 2.24) is 19.9 Å². The maximum Gasteiger partial charge on any atom is 0.422 e. The summed E-state index contributed by atoms with van der Waals surface area (Å²) in [6.07, 6.45) is -8.97. The first-order valence-corrected chi connectivity index (χ1v) is 13.1. The molecule has 240 valence electrons. The van der Waals surface area contributed by atoms with Gasteiger partial charge < -0.3 is 24.1 Å². The Morgan fingerprint density at radius 1 is 0.911 bits per heavy atom. The Morgan fingerprint density at radius 2 is 1.60 bits per heavy atom. The quantitative estimate of drug-likeness (QED) is 0.207. The number of anilines is 1. The number of aromatic nitrogens is 3. The number of benzene rings is 2. The predicted molar refractivity (Wildman–Crippen MR) is 151 cm³/mol. The number of carbonyl (C=O) groups excluding carboxylic acids is 2. The third-order valence-corrected chi connectivity index (χ3v) is 5.89. The number of carbonyl (C=O) groups is 2. The first-order chi connectivity index (χ1) is 20.9. The second-order valence-corrected chi connectivity index (χ2v) is 10.6. The molecule has 2 N–H and O–H groups in total. The van der Waals surface area contributed by atoms with Gasteiger partial charge >= 0.3 is 18.4 Å². The Balaban J connectivity index is 1.82. The molecule has 0 atom stereocenters. The van der Waals surface area contributed by atoms with E-state index in [4.69, 9.17) is 14.2 Å². The summed E-state index contributed by atoms with van der Waals surface area (Å²) in [5.41, 5.74) is 0.785. The van der Waals surface area contributed by atoms with Gasteiger partial charge in [-0.25, -0.2) is 9.78 Å². The lowest BCUT2D eigenvalue weighted by molar-refractivity contribution is -0.153. The summed E-state index contributed by atoms with van der Waals surface area (Å²) in [4.78, 5) is 32.8. The second-order valence-electron chi connectivity index (χ2n) is 10.6. The highest BCUT2D eigenvalue weighted by atomic mass is 19.4. The van der Waals surface area contributed by atoms with E-state index in [1.54, 1.807) is 56.4 Å². The molecule has 0 radical (unpaired) electrons. The summed E-state index contributed by atoms with van der Waals surface area (Å²) in [6.45, 7) is 1.91. The van der Waals surface area contributed by atoms with E-state index in [1.165, 1.54) is 29.9 Å². The first kappa shape index (κ1) is 32.9. The molecule has 0 spiro atoms. The molecule has 2 amide bonds. The fourth-order valence-electron chi connectivity index (χ4n) is 4.17. The molecule has 16 heteroatoms. The van der Waals surface area contributed by atoms with Crippen LogP contribution in [-0.4, -0.2) is 64.8 Å². The van der Waals surface area contributed by atoms with Crippen molar-refractivity contribution in [3.63, 3.8) is 0 Å². The maximum absolute atomic E-state index is 13.1. The Hall–Kier alpha value is -5.02. The summed E-state index contributed by atoms with van der Waals surface area (Å²) < 4.78 is 94.3. The third kappa shape index (κ3) is 8.55. The van der Waals surface area contributed by atoms with E-state index >= 15 is 0 Å². The smallest absolute Gasteiger partial charge is 0.422 e. The van der Waals surface area contributed by atoms with Gasteiger partial charge in [0.05, 0.1) is 29.6 Å². The van der Waals surface area contributed by atoms with Crippen LogP contribution in [0.25, 0.3) is 28.0 Å². The van der Waals surface area contributed by atoms with Crippen molar-refractivity contribution in [2.75, 3.05) is 25.6 Å². The van der Waals surface area contributed by atoms with E-state index in [0.29, 0.717) is 16.9 Å². The van der Waals surface area contributed by atoms with Crippen LogP contribution < -0.4 is 20.1 Å². The number of halogens is 6. The van der Waals surface area contributed by atoms with Crippen LogP contribution in [0.3, 0.4) is 0 Å². The minimum absolute atomic E-state index is 0.0315. The van der Waals surface area contributed by atoms with Crippen LogP contribution in [0.2, 0.25) is 0 Å². The van der Waals surface area contributed by atoms with Crippen molar-refractivity contribution in [1.29, 1.82) is 0 Å². The number of rotatable bonds is 8. The van der Waals surface area contributed by atoms with Gasteiger partial charge in [-0.1, -0.05) is 12.1 Å². The summed E-state index contributed by atoms with van der Waals surface area (Å²) in [7, 11) is 1.20. The molecule has 2 heterocycles. The zero-order valence-electron chi connectivity index (χ0n) is 24.3. The normalized spacial score (nSPS) is 12.1. The zero-order valence-corrected chi connectivity index (χ0v) is 24.3. The van der Waals surface area contributed by atoms with Crippen molar-refractivity contribution >= 4 is 28.7 Å². The monoisotopic (exact) mass is 639 g/mol. The van der Waals surface area contributed by atoms with Gasteiger partial charge in [-0.15, -0.1) is 0 Å². The van der Waals surface area contributed by atoms with Crippen molar-refractivity contribution < 1.29 is 50.1 Å². The van der Waals surface area contributed by atoms with Crippen molar-refractivity contribution in [3.8, 4) is 28.6 Å². The van der Waals surface area contributed by atoms with Gasteiger partial charge in [0.1, 0.15) is 29.7 Å². The number of nitrogens with one attached hydrogen (secondary N) is 2. The highest BCUT2D eigenvalue weighted by Gasteiger charge is 2.31. The minimum atomic E-state index is -4.68. The lowest BCUT2D eigenvalue weighted by Crippen LogP contribution is -2.33. The van der Waals surface area contributed by atoms with E-state index in [-0.39, 0.29) is 28.0 Å². The molecule has 0 aliphatic carbocycles. The van der Waals surface area contributed by atoms with Crippen LogP contribution in [0.15, 0.2) is 54.9 Å². The van der Waals surface area contributed by atoms with E-state index < -0.39 is 49.0 Å². The standard InChI is InChI=1S/C29H27F6N5O5/c1-27(2,3)45-26(42)39-17-7-5-16(6-8-17)21-12-20-23(25(38-15-37-20)44-14-29(33,34)35)40(21)18-9-10-19(22(11-18)43-4)24(41)36-13-28(30,31)32/h5-12,15H,13-14H2,1-4H3,(H,36,41)(H,39,42). The average Bonchev–Trinajstić information content (AvgIpc) is 3.33. The Bertz CT molecular complexity index is 1700. The van der Waals surface area contributed by atoms with Gasteiger partial charge in [0.25, 0.3) is 5.91 Å². The molecular formula is C29H27F6N5O5. The van der Waals surface area contributed by atoms with Crippen LogP contribution >= 0.6 is 0 Å². The van der Waals surface area contributed by atoms with Crippen LogP contribution in [0.4, 0.5) is 36.8 Å². The molecule has 45 heavy (non-hydrogen) atoms. The number of fused-ring (bicyclic) bond motifs is 1. The molecule has 2 aromatic carbocycles. The molecule has 0 aliphatic rings. The molecule has 2 aromatic heterocycles. The van der Waals surface area contributed by atoms with Gasteiger partial charge in [0, 0.05) is 11.8 Å². The zero-order chi connectivity index (χ0) is 33.2. The Labute approximate surface area is 252 Å². The molecular weight excluding hydrogens is 612 g/mol. The number of methoxy groups -OCH3 is 1. The van der Waals surface area contributed by atoms with Crippen LogP contribution in [0.5, 0.6) is 11.6 Å². The van der Waals surface area contributed by atoms with Crippen molar-refractivity contribution in [2.24, 2.45) is 0 Å². The van der Waals surface area contributed by atoms with Gasteiger partial charge in [0.15, 0.2) is 6.61 Å². The highest BCUT2D eigenvalue weighted by Crippen LogP contribution is 2.37. The van der Waals surface area contributed by atoms with Crippen molar-refractivity contribution in [3.05, 3.63) is 60.4 Å². The average molecular weight is 640 g/mol. The molecule has 0 saturated carbocycles. The summed E-state index contributed by atoms with van der Waals surface area (Å²) >= 11 is 0. The SMILES string of the molecule is COc1cc(-n2c(-c3ccc(NC(=O)OC(C)(C)C)cc3)cc3ncnc(OCC(F)(F)F)c32)ccc1C(=O)NCC(F)(F)F. The number of nitrogens with zero attached hydrogens (tertiary/aromatic N) is 3. The van der Waals surface area contributed by atoms with Crippen LogP contribution in [0.1, 0.15) is 31.1 Å². The molecule has 0 aliphatic heterocycles. The largest absolute Gasteiger partial charge is 0.496 e. The Morgan fingerprint density at radius 3 is 2.20 bits per heavy atom. The summed E-state index contributed by atoms with van der Waals surface area (Å²) in [5, 5.41) is 4.37.